The van der Waals surface area contributed by atoms with Crippen molar-refractivity contribution in [3.8, 4) is 0 Å². The number of sulfone groups is 1. The molecule has 154 valence electrons. The number of benzene rings is 2. The first-order chi connectivity index (χ1) is 13.7. The van der Waals surface area contributed by atoms with Crippen molar-refractivity contribution in [2.45, 2.75) is 42.4 Å². The molecule has 29 heavy (non-hydrogen) atoms. The number of hydrogen-bond acceptors (Lipinski definition) is 5. The van der Waals surface area contributed by atoms with Crippen molar-refractivity contribution in [2.75, 3.05) is 11.1 Å². The Morgan fingerprint density at radius 2 is 1.90 bits per heavy atom. The lowest BCUT2D eigenvalue weighted by Crippen LogP contribution is -2.32. The largest absolute Gasteiger partial charge is 0.352 e. The number of fused-ring (bicyclic) bond motifs is 1. The normalized spacial score (nSPS) is 17.2. The second kappa shape index (κ2) is 8.59. The summed E-state index contributed by atoms with van der Waals surface area (Å²) in [6, 6.07) is 12.5. The lowest BCUT2D eigenvalue weighted by molar-refractivity contribution is -0.124. The van der Waals surface area contributed by atoms with Crippen LogP contribution in [-0.4, -0.2) is 31.2 Å². The maximum atomic E-state index is 12.8. The standard InChI is InChI=1S/C21H24N2O4S2/c1-13-4-6-16(7-5-13)11-22-20(24)14(2)12-29(26,27)17-8-9-19-18(10-17)23-21(25)15(3)28-19/h4-10,14-15H,11-12H2,1-3H3,(H,22,24)(H,23,25)/t14-,15+/m1/s1. The summed E-state index contributed by atoms with van der Waals surface area (Å²) < 4.78 is 25.6. The van der Waals surface area contributed by atoms with Crippen molar-refractivity contribution in [3.05, 3.63) is 53.6 Å². The van der Waals surface area contributed by atoms with E-state index in [0.29, 0.717) is 12.2 Å². The van der Waals surface area contributed by atoms with Gasteiger partial charge in [0.25, 0.3) is 0 Å². The maximum Gasteiger partial charge on any atom is 0.237 e. The monoisotopic (exact) mass is 432 g/mol. The van der Waals surface area contributed by atoms with Gasteiger partial charge in [-0.3, -0.25) is 9.59 Å². The average molecular weight is 433 g/mol. The van der Waals surface area contributed by atoms with E-state index in [-0.39, 0.29) is 27.7 Å². The van der Waals surface area contributed by atoms with Crippen LogP contribution in [-0.2, 0) is 26.0 Å². The fourth-order valence-electron chi connectivity index (χ4n) is 2.95. The zero-order chi connectivity index (χ0) is 21.2. The summed E-state index contributed by atoms with van der Waals surface area (Å²) in [5.41, 5.74) is 2.58. The van der Waals surface area contributed by atoms with Crippen molar-refractivity contribution in [1.29, 1.82) is 0 Å². The highest BCUT2D eigenvalue weighted by molar-refractivity contribution is 8.01. The van der Waals surface area contributed by atoms with Gasteiger partial charge in [-0.25, -0.2) is 8.42 Å². The molecule has 0 bridgehead atoms. The van der Waals surface area contributed by atoms with Gasteiger partial charge in [0, 0.05) is 17.4 Å². The molecule has 0 spiro atoms. The second-order valence-electron chi connectivity index (χ2n) is 7.29. The van der Waals surface area contributed by atoms with Crippen molar-refractivity contribution in [3.63, 3.8) is 0 Å². The summed E-state index contributed by atoms with van der Waals surface area (Å²) in [5.74, 6) is -1.47. The Bertz CT molecular complexity index is 1030. The first-order valence-corrected chi connectivity index (χ1v) is 11.9. The van der Waals surface area contributed by atoms with Crippen LogP contribution in [0.25, 0.3) is 0 Å². The number of carbonyl (C=O) groups is 2. The Morgan fingerprint density at radius 3 is 2.59 bits per heavy atom. The van der Waals surface area contributed by atoms with Gasteiger partial charge in [-0.1, -0.05) is 36.8 Å². The molecule has 0 saturated carbocycles. The topological polar surface area (TPSA) is 92.3 Å². The quantitative estimate of drug-likeness (QED) is 0.732. The molecular weight excluding hydrogens is 408 g/mol. The van der Waals surface area contributed by atoms with E-state index in [1.165, 1.54) is 23.9 Å². The molecule has 2 atom stereocenters. The number of hydrogen-bond donors (Lipinski definition) is 2. The van der Waals surface area contributed by atoms with Crippen LogP contribution < -0.4 is 10.6 Å². The van der Waals surface area contributed by atoms with E-state index in [1.807, 2.05) is 31.2 Å². The Hall–Kier alpha value is -2.32. The Kier molecular flexibility index (Phi) is 6.33. The van der Waals surface area contributed by atoms with Gasteiger partial charge in [-0.05, 0) is 37.6 Å². The van der Waals surface area contributed by atoms with Gasteiger partial charge in [0.15, 0.2) is 9.84 Å². The van der Waals surface area contributed by atoms with Gasteiger partial charge < -0.3 is 10.6 Å². The summed E-state index contributed by atoms with van der Waals surface area (Å²) in [4.78, 5) is 25.2. The highest BCUT2D eigenvalue weighted by atomic mass is 32.2. The third-order valence-electron chi connectivity index (χ3n) is 4.75. The number of rotatable bonds is 6. The first kappa shape index (κ1) is 21.4. The molecule has 0 unspecified atom stereocenters. The Balaban J connectivity index is 1.65. The minimum atomic E-state index is -3.68. The van der Waals surface area contributed by atoms with E-state index in [1.54, 1.807) is 19.9 Å². The summed E-state index contributed by atoms with van der Waals surface area (Å²) in [6.45, 7) is 5.73. The van der Waals surface area contributed by atoms with Crippen LogP contribution in [0.1, 0.15) is 25.0 Å². The number of anilines is 1. The summed E-state index contributed by atoms with van der Waals surface area (Å²) in [6.07, 6.45) is 0. The molecule has 1 aliphatic rings. The molecule has 6 nitrogen and oxygen atoms in total. The average Bonchev–Trinajstić information content (AvgIpc) is 2.67. The second-order valence-corrected chi connectivity index (χ2v) is 10.7. The summed E-state index contributed by atoms with van der Waals surface area (Å²) in [5, 5.41) is 5.31. The van der Waals surface area contributed by atoms with Crippen molar-refractivity contribution in [2.24, 2.45) is 5.92 Å². The number of carbonyl (C=O) groups excluding carboxylic acids is 2. The van der Waals surface area contributed by atoms with E-state index in [0.717, 1.165) is 16.0 Å². The SMILES string of the molecule is Cc1ccc(CNC(=O)[C@H](C)CS(=O)(=O)c2ccc3c(c2)NC(=O)[C@H](C)S3)cc1. The molecular formula is C21H24N2O4S2. The minimum Gasteiger partial charge on any atom is -0.352 e. The molecule has 0 aliphatic carbocycles. The molecule has 1 aliphatic heterocycles. The van der Waals surface area contributed by atoms with Crippen LogP contribution in [0.15, 0.2) is 52.3 Å². The molecule has 2 amide bonds. The highest BCUT2D eigenvalue weighted by Crippen LogP contribution is 2.37. The fraction of sp³-hybridized carbons (Fsp3) is 0.333. The van der Waals surface area contributed by atoms with Crippen LogP contribution in [0.2, 0.25) is 0 Å². The lowest BCUT2D eigenvalue weighted by Gasteiger charge is -2.22. The van der Waals surface area contributed by atoms with Gasteiger partial charge in [0.1, 0.15) is 0 Å². The van der Waals surface area contributed by atoms with E-state index < -0.39 is 15.8 Å². The maximum absolute atomic E-state index is 12.8. The third-order valence-corrected chi connectivity index (χ3v) is 7.83. The lowest BCUT2D eigenvalue weighted by atomic mass is 10.1. The van der Waals surface area contributed by atoms with Crippen LogP contribution >= 0.6 is 11.8 Å². The molecule has 0 aromatic heterocycles. The molecule has 2 N–H and O–H groups in total. The van der Waals surface area contributed by atoms with E-state index >= 15 is 0 Å². The van der Waals surface area contributed by atoms with Gasteiger partial charge in [-0.2, -0.15) is 0 Å². The molecule has 8 heteroatoms. The van der Waals surface area contributed by atoms with Crippen molar-refractivity contribution < 1.29 is 18.0 Å². The molecule has 2 aromatic carbocycles. The number of amides is 2. The minimum absolute atomic E-state index is 0.102. The van der Waals surface area contributed by atoms with Gasteiger partial charge in [-0.15, -0.1) is 11.8 Å². The van der Waals surface area contributed by atoms with Crippen LogP contribution in [0.5, 0.6) is 0 Å². The van der Waals surface area contributed by atoms with Gasteiger partial charge in [0.05, 0.1) is 21.6 Å². The molecule has 1 heterocycles. The van der Waals surface area contributed by atoms with Gasteiger partial charge in [0.2, 0.25) is 11.8 Å². The number of thioether (sulfide) groups is 1. The fourth-order valence-corrected chi connectivity index (χ4v) is 5.46. The van der Waals surface area contributed by atoms with Crippen LogP contribution in [0.4, 0.5) is 5.69 Å². The van der Waals surface area contributed by atoms with Gasteiger partial charge >= 0.3 is 0 Å². The molecule has 2 aromatic rings. The summed E-state index contributed by atoms with van der Waals surface area (Å²) in [7, 11) is -3.68. The first-order valence-electron chi connectivity index (χ1n) is 9.33. The zero-order valence-electron chi connectivity index (χ0n) is 16.6. The number of aryl methyl sites for hydroxylation is 1. The molecule has 0 radical (unpaired) electrons. The van der Waals surface area contributed by atoms with Crippen molar-refractivity contribution >= 4 is 39.1 Å². The van der Waals surface area contributed by atoms with E-state index in [4.69, 9.17) is 0 Å². The predicted octanol–water partition coefficient (Wildman–Crippen LogP) is 3.15. The van der Waals surface area contributed by atoms with Crippen LogP contribution in [0, 0.1) is 12.8 Å². The Labute approximate surface area is 175 Å². The number of nitrogens with one attached hydrogen (secondary N) is 2. The molecule has 0 saturated heterocycles. The van der Waals surface area contributed by atoms with E-state index in [2.05, 4.69) is 10.6 Å². The predicted molar refractivity (Wildman–Crippen MR) is 115 cm³/mol. The zero-order valence-corrected chi connectivity index (χ0v) is 18.2. The third kappa shape index (κ3) is 5.19. The van der Waals surface area contributed by atoms with E-state index in [9.17, 15) is 18.0 Å². The highest BCUT2D eigenvalue weighted by Gasteiger charge is 2.27. The molecule has 0 fully saturated rings. The molecule has 3 rings (SSSR count). The van der Waals surface area contributed by atoms with Crippen molar-refractivity contribution in [1.82, 2.24) is 5.32 Å². The Morgan fingerprint density at radius 1 is 1.21 bits per heavy atom. The smallest absolute Gasteiger partial charge is 0.237 e. The summed E-state index contributed by atoms with van der Waals surface area (Å²) >= 11 is 1.39. The van der Waals surface area contributed by atoms with Crippen LogP contribution in [0.3, 0.4) is 0 Å².